The van der Waals surface area contributed by atoms with Crippen LogP contribution in [0.1, 0.15) is 38.7 Å². The van der Waals surface area contributed by atoms with Gasteiger partial charge in [-0.05, 0) is 11.5 Å². The Hall–Kier alpha value is -1.29. The fourth-order valence-electron chi connectivity index (χ4n) is 1.04. The van der Waals surface area contributed by atoms with Crippen LogP contribution in [0.2, 0.25) is 0 Å². The third-order valence-electron chi connectivity index (χ3n) is 1.77. The van der Waals surface area contributed by atoms with E-state index < -0.39 is 0 Å². The zero-order valence-corrected chi connectivity index (χ0v) is 8.62. The van der Waals surface area contributed by atoms with Crippen LogP contribution in [0.5, 0.6) is 0 Å². The van der Waals surface area contributed by atoms with Crippen LogP contribution < -0.4 is 0 Å². The molecule has 0 radical (unpaired) electrons. The lowest BCUT2D eigenvalue weighted by atomic mass is 9.99. The van der Waals surface area contributed by atoms with Crippen molar-refractivity contribution < 1.29 is 0 Å². The Morgan fingerprint density at radius 2 is 1.77 bits per heavy atom. The molecule has 0 fully saturated rings. The summed E-state index contributed by atoms with van der Waals surface area (Å²) in [5.41, 5.74) is 1.24. The molecule has 1 aromatic carbocycles. The standard InChI is InChI=1S/C10H11N.C2H6/c1-9(7-8-11)10-5-3-2-4-6-10;1-2/h2-6,9H,7H2,1H3;1-2H3. The van der Waals surface area contributed by atoms with Gasteiger partial charge in [0.25, 0.3) is 0 Å². The SMILES string of the molecule is CC.CC(CC#N)c1ccccc1. The molecule has 0 aliphatic heterocycles. The van der Waals surface area contributed by atoms with Gasteiger partial charge in [-0.25, -0.2) is 0 Å². The van der Waals surface area contributed by atoms with Crippen molar-refractivity contribution in [3.63, 3.8) is 0 Å². The molecular formula is C12H17N. The second-order valence-electron chi connectivity index (χ2n) is 2.67. The average Bonchev–Trinajstić information content (AvgIpc) is 2.23. The summed E-state index contributed by atoms with van der Waals surface area (Å²) in [5.74, 6) is 0.362. The maximum Gasteiger partial charge on any atom is 0.0628 e. The minimum atomic E-state index is 0.362. The summed E-state index contributed by atoms with van der Waals surface area (Å²) < 4.78 is 0. The van der Waals surface area contributed by atoms with Crippen molar-refractivity contribution in [2.75, 3.05) is 0 Å². The largest absolute Gasteiger partial charge is 0.198 e. The number of benzene rings is 1. The quantitative estimate of drug-likeness (QED) is 0.671. The lowest BCUT2D eigenvalue weighted by Gasteiger charge is -2.05. The van der Waals surface area contributed by atoms with Gasteiger partial charge < -0.3 is 0 Å². The number of rotatable bonds is 2. The van der Waals surface area contributed by atoms with Crippen LogP contribution >= 0.6 is 0 Å². The lowest BCUT2D eigenvalue weighted by molar-refractivity contribution is 0.789. The second-order valence-corrected chi connectivity index (χ2v) is 2.67. The van der Waals surface area contributed by atoms with Gasteiger partial charge in [-0.3, -0.25) is 0 Å². The Morgan fingerprint density at radius 1 is 1.23 bits per heavy atom. The van der Waals surface area contributed by atoms with Crippen LogP contribution in [-0.2, 0) is 0 Å². The van der Waals surface area contributed by atoms with Gasteiger partial charge in [-0.2, -0.15) is 5.26 Å². The Kier molecular flexibility index (Phi) is 6.63. The van der Waals surface area contributed by atoms with E-state index in [-0.39, 0.29) is 0 Å². The Bertz CT molecular complexity index is 246. The Balaban J connectivity index is 0.000000671. The molecule has 1 nitrogen and oxygen atoms in total. The van der Waals surface area contributed by atoms with E-state index in [2.05, 4.69) is 25.1 Å². The van der Waals surface area contributed by atoms with Crippen LogP contribution in [0, 0.1) is 11.3 Å². The molecule has 0 amide bonds. The molecule has 13 heavy (non-hydrogen) atoms. The molecule has 0 aliphatic carbocycles. The summed E-state index contributed by atoms with van der Waals surface area (Å²) in [6.45, 7) is 6.07. The summed E-state index contributed by atoms with van der Waals surface area (Å²) in [6.07, 6.45) is 0.601. The minimum absolute atomic E-state index is 0.362. The van der Waals surface area contributed by atoms with Gasteiger partial charge in [0, 0.05) is 6.42 Å². The second kappa shape index (κ2) is 7.36. The van der Waals surface area contributed by atoms with Crippen LogP contribution in [-0.4, -0.2) is 0 Å². The van der Waals surface area contributed by atoms with Gasteiger partial charge in [0.05, 0.1) is 6.07 Å². The fraction of sp³-hybridized carbons (Fsp3) is 0.417. The highest BCUT2D eigenvalue weighted by Crippen LogP contribution is 2.16. The highest BCUT2D eigenvalue weighted by atomic mass is 14.2. The Labute approximate surface area is 81.0 Å². The Morgan fingerprint density at radius 3 is 2.23 bits per heavy atom. The third kappa shape index (κ3) is 4.32. The highest BCUT2D eigenvalue weighted by molar-refractivity contribution is 5.19. The monoisotopic (exact) mass is 175 g/mol. The molecule has 1 heteroatoms. The van der Waals surface area contributed by atoms with Crippen molar-refractivity contribution >= 4 is 0 Å². The molecule has 0 saturated carbocycles. The first-order chi connectivity index (χ1) is 6.34. The first-order valence-corrected chi connectivity index (χ1v) is 4.76. The van der Waals surface area contributed by atoms with E-state index in [0.717, 1.165) is 0 Å². The van der Waals surface area contributed by atoms with Crippen molar-refractivity contribution in [3.8, 4) is 6.07 Å². The summed E-state index contributed by atoms with van der Waals surface area (Å²) >= 11 is 0. The zero-order chi connectivity index (χ0) is 10.1. The number of nitrogens with zero attached hydrogens (tertiary/aromatic N) is 1. The van der Waals surface area contributed by atoms with Gasteiger partial charge in [0.15, 0.2) is 0 Å². The predicted octanol–water partition coefficient (Wildman–Crippen LogP) is 3.73. The number of hydrogen-bond acceptors (Lipinski definition) is 1. The molecule has 0 bridgehead atoms. The molecule has 70 valence electrons. The summed E-state index contributed by atoms with van der Waals surface area (Å²) in [4.78, 5) is 0. The normalized spacial score (nSPS) is 10.6. The van der Waals surface area contributed by atoms with E-state index in [1.165, 1.54) is 5.56 Å². The van der Waals surface area contributed by atoms with Gasteiger partial charge in [-0.15, -0.1) is 0 Å². The maximum absolute atomic E-state index is 8.45. The number of hydrogen-bond donors (Lipinski definition) is 0. The third-order valence-corrected chi connectivity index (χ3v) is 1.77. The van der Waals surface area contributed by atoms with Gasteiger partial charge >= 0.3 is 0 Å². The molecule has 0 aliphatic rings. The summed E-state index contributed by atoms with van der Waals surface area (Å²) in [6, 6.07) is 12.3. The topological polar surface area (TPSA) is 23.8 Å². The summed E-state index contributed by atoms with van der Waals surface area (Å²) in [7, 11) is 0. The molecule has 0 aromatic heterocycles. The minimum Gasteiger partial charge on any atom is -0.198 e. The zero-order valence-electron chi connectivity index (χ0n) is 8.62. The van der Waals surface area contributed by atoms with Crippen LogP contribution in [0.3, 0.4) is 0 Å². The smallest absolute Gasteiger partial charge is 0.0628 e. The van der Waals surface area contributed by atoms with E-state index in [1.54, 1.807) is 0 Å². The van der Waals surface area contributed by atoms with Crippen LogP contribution in [0.4, 0.5) is 0 Å². The molecule has 0 heterocycles. The first kappa shape index (κ1) is 11.7. The van der Waals surface area contributed by atoms with Gasteiger partial charge in [-0.1, -0.05) is 51.1 Å². The van der Waals surface area contributed by atoms with Crippen molar-refractivity contribution in [1.82, 2.24) is 0 Å². The van der Waals surface area contributed by atoms with Crippen molar-refractivity contribution in [2.45, 2.75) is 33.1 Å². The maximum atomic E-state index is 8.45. The average molecular weight is 175 g/mol. The first-order valence-electron chi connectivity index (χ1n) is 4.76. The number of nitriles is 1. The van der Waals surface area contributed by atoms with Crippen LogP contribution in [0.15, 0.2) is 30.3 Å². The van der Waals surface area contributed by atoms with E-state index in [0.29, 0.717) is 12.3 Å². The molecule has 0 N–H and O–H groups in total. The van der Waals surface area contributed by atoms with Crippen molar-refractivity contribution in [2.24, 2.45) is 0 Å². The molecule has 0 spiro atoms. The summed E-state index contributed by atoms with van der Waals surface area (Å²) in [5, 5.41) is 8.45. The van der Waals surface area contributed by atoms with E-state index in [9.17, 15) is 0 Å². The molecule has 1 aromatic rings. The lowest BCUT2D eigenvalue weighted by Crippen LogP contribution is -1.90. The van der Waals surface area contributed by atoms with E-state index >= 15 is 0 Å². The van der Waals surface area contributed by atoms with Crippen molar-refractivity contribution in [1.29, 1.82) is 5.26 Å². The highest BCUT2D eigenvalue weighted by Gasteiger charge is 2.01. The molecule has 1 atom stereocenters. The molecule has 0 saturated heterocycles. The van der Waals surface area contributed by atoms with E-state index in [1.807, 2.05) is 32.0 Å². The predicted molar refractivity (Wildman–Crippen MR) is 56.4 cm³/mol. The molecular weight excluding hydrogens is 158 g/mol. The fourth-order valence-corrected chi connectivity index (χ4v) is 1.04. The van der Waals surface area contributed by atoms with Gasteiger partial charge in [0.1, 0.15) is 0 Å². The van der Waals surface area contributed by atoms with Gasteiger partial charge in [0.2, 0.25) is 0 Å². The van der Waals surface area contributed by atoms with Crippen molar-refractivity contribution in [3.05, 3.63) is 35.9 Å². The van der Waals surface area contributed by atoms with Crippen LogP contribution in [0.25, 0.3) is 0 Å². The van der Waals surface area contributed by atoms with E-state index in [4.69, 9.17) is 5.26 Å². The molecule has 1 unspecified atom stereocenters. The molecule has 1 rings (SSSR count).